The molecule has 1 aromatic carbocycles. The van der Waals surface area contributed by atoms with Crippen LogP contribution in [0.4, 0.5) is 5.69 Å². The first-order chi connectivity index (χ1) is 5.92. The third-order valence-corrected chi connectivity index (χ3v) is 3.62. The molecular formula is C9H9NOS. The van der Waals surface area contributed by atoms with Crippen molar-refractivity contribution < 1.29 is 4.79 Å². The van der Waals surface area contributed by atoms with Gasteiger partial charge in [-0.25, -0.2) is 0 Å². The molecule has 1 atom stereocenters. The minimum atomic E-state index is -0.00642. The van der Waals surface area contributed by atoms with Gasteiger partial charge in [-0.1, -0.05) is 12.1 Å². The lowest BCUT2D eigenvalue weighted by Gasteiger charge is -1.96. The van der Waals surface area contributed by atoms with Crippen LogP contribution < -0.4 is 5.32 Å². The van der Waals surface area contributed by atoms with E-state index in [4.69, 9.17) is 0 Å². The van der Waals surface area contributed by atoms with Gasteiger partial charge in [-0.2, -0.15) is 0 Å². The van der Waals surface area contributed by atoms with Crippen molar-refractivity contribution in [3.8, 4) is 0 Å². The number of benzene rings is 1. The minimum Gasteiger partial charge on any atom is -0.375 e. The van der Waals surface area contributed by atoms with E-state index in [1.807, 2.05) is 18.2 Å². The van der Waals surface area contributed by atoms with Crippen molar-refractivity contribution in [3.05, 3.63) is 24.3 Å². The van der Waals surface area contributed by atoms with Crippen molar-refractivity contribution in [2.45, 2.75) is 4.90 Å². The molecule has 0 bridgehead atoms. The molecule has 1 aliphatic rings. The molecule has 2 rings (SSSR count). The van der Waals surface area contributed by atoms with Gasteiger partial charge in [-0.15, -0.1) is 10.5 Å². The molecule has 1 aliphatic heterocycles. The van der Waals surface area contributed by atoms with E-state index in [1.54, 1.807) is 5.37 Å². The fourth-order valence-corrected chi connectivity index (χ4v) is 2.78. The third kappa shape index (κ3) is 1.16. The number of rotatable bonds is 1. The van der Waals surface area contributed by atoms with Crippen LogP contribution in [0.2, 0.25) is 0 Å². The van der Waals surface area contributed by atoms with E-state index in [1.165, 1.54) is 10.6 Å². The number of aldehydes is 1. The number of carbonyl (C=O) groups is 1. The molecule has 0 aromatic heterocycles. The predicted molar refractivity (Wildman–Crippen MR) is 52.9 cm³/mol. The van der Waals surface area contributed by atoms with Crippen LogP contribution in [-0.4, -0.2) is 17.5 Å². The average Bonchev–Trinajstić information content (AvgIpc) is 2.50. The summed E-state index contributed by atoms with van der Waals surface area (Å²) in [5, 5.41) is 4.98. The van der Waals surface area contributed by atoms with Crippen molar-refractivity contribution in [2.75, 3.05) is 11.2 Å². The molecule has 1 aromatic rings. The van der Waals surface area contributed by atoms with Gasteiger partial charge in [0.25, 0.3) is 0 Å². The first-order valence-electron chi connectivity index (χ1n) is 3.73. The van der Waals surface area contributed by atoms with Crippen LogP contribution in [0, 0.1) is 0 Å². The molecule has 0 fully saturated rings. The first-order valence-corrected chi connectivity index (χ1v) is 5.19. The Morgan fingerprint density at radius 1 is 1.42 bits per heavy atom. The Morgan fingerprint density at radius 2 is 2.25 bits per heavy atom. The second-order valence-corrected chi connectivity index (χ2v) is 4.38. The van der Waals surface area contributed by atoms with Crippen LogP contribution in [0.3, 0.4) is 0 Å². The average molecular weight is 179 g/mol. The maximum Gasteiger partial charge on any atom is 0.148 e. The van der Waals surface area contributed by atoms with Gasteiger partial charge in [-0.3, -0.25) is 4.79 Å². The number of para-hydroxylation sites is 1. The lowest BCUT2D eigenvalue weighted by Crippen LogP contribution is -1.89. The molecule has 3 heteroatoms. The van der Waals surface area contributed by atoms with Gasteiger partial charge < -0.3 is 5.32 Å². The zero-order chi connectivity index (χ0) is 8.39. The van der Waals surface area contributed by atoms with Gasteiger partial charge in [0.1, 0.15) is 6.29 Å². The lowest BCUT2D eigenvalue weighted by molar-refractivity contribution is -0.102. The van der Waals surface area contributed by atoms with E-state index in [0.29, 0.717) is 0 Å². The quantitative estimate of drug-likeness (QED) is 0.525. The Kier molecular flexibility index (Phi) is 1.96. The Morgan fingerprint density at radius 3 is 3.08 bits per heavy atom. The summed E-state index contributed by atoms with van der Waals surface area (Å²) in [6.45, 7) is 0. The van der Waals surface area contributed by atoms with Gasteiger partial charge in [-0.05, 0) is 12.1 Å². The van der Waals surface area contributed by atoms with Crippen molar-refractivity contribution >= 4 is 27.8 Å². The fraction of sp³-hybridized carbons (Fsp3) is 0.111. The third-order valence-electron chi connectivity index (χ3n) is 1.81. The van der Waals surface area contributed by atoms with Gasteiger partial charge in [0.2, 0.25) is 0 Å². The molecule has 0 saturated heterocycles. The zero-order valence-corrected chi connectivity index (χ0v) is 7.30. The summed E-state index contributed by atoms with van der Waals surface area (Å²) in [7, 11) is -0.00642. The maximum atomic E-state index is 10.3. The standard InChI is InChI=1S/C9H9NOS/c11-5-6-12-7-10-8-3-1-2-4-9(8)12/h1-6,10H,7H2. The van der Waals surface area contributed by atoms with Gasteiger partial charge in [0.15, 0.2) is 0 Å². The van der Waals surface area contributed by atoms with Crippen LogP contribution in [0.25, 0.3) is 0 Å². The summed E-state index contributed by atoms with van der Waals surface area (Å²) in [4.78, 5) is 11.5. The fourth-order valence-electron chi connectivity index (χ4n) is 1.26. The summed E-state index contributed by atoms with van der Waals surface area (Å²) in [6.07, 6.45) is 0.882. The summed E-state index contributed by atoms with van der Waals surface area (Å²) in [6, 6.07) is 8.11. The number of hydrogen-bond acceptors (Lipinski definition) is 2. The second kappa shape index (κ2) is 3.11. The molecule has 12 heavy (non-hydrogen) atoms. The second-order valence-electron chi connectivity index (χ2n) is 2.52. The molecule has 0 amide bonds. The highest BCUT2D eigenvalue weighted by molar-refractivity contribution is 8.16. The molecule has 1 unspecified atom stereocenters. The van der Waals surface area contributed by atoms with Crippen LogP contribution in [0.1, 0.15) is 0 Å². The van der Waals surface area contributed by atoms with E-state index in [2.05, 4.69) is 11.4 Å². The molecule has 0 spiro atoms. The highest BCUT2D eigenvalue weighted by Gasteiger charge is 2.11. The highest BCUT2D eigenvalue weighted by atomic mass is 32.2. The van der Waals surface area contributed by atoms with Crippen molar-refractivity contribution in [3.63, 3.8) is 0 Å². The van der Waals surface area contributed by atoms with Gasteiger partial charge in [0, 0.05) is 16.0 Å². The summed E-state index contributed by atoms with van der Waals surface area (Å²) >= 11 is 0. The largest absolute Gasteiger partial charge is 0.375 e. The monoisotopic (exact) mass is 179 g/mol. The first kappa shape index (κ1) is 7.55. The predicted octanol–water partition coefficient (Wildman–Crippen LogP) is 1.70. The number of hydrogen-bond donors (Lipinski definition) is 1. The van der Waals surface area contributed by atoms with E-state index in [9.17, 15) is 4.79 Å². The van der Waals surface area contributed by atoms with Gasteiger partial charge in [0.05, 0.1) is 5.88 Å². The molecule has 0 radical (unpaired) electrons. The summed E-state index contributed by atoms with van der Waals surface area (Å²) in [5.41, 5.74) is 1.17. The molecule has 1 heterocycles. The number of carbonyl (C=O) groups excluding carboxylic acids is 1. The molecule has 1 N–H and O–H groups in total. The summed E-state index contributed by atoms with van der Waals surface area (Å²) < 4.78 is 0. The SMILES string of the molecule is O=C/C=S1/CNc2ccccc21. The molecule has 2 nitrogen and oxygen atoms in total. The zero-order valence-electron chi connectivity index (χ0n) is 6.49. The smallest absolute Gasteiger partial charge is 0.148 e. The van der Waals surface area contributed by atoms with Crippen LogP contribution >= 0.6 is 10.5 Å². The normalized spacial score (nSPS) is 20.2. The van der Waals surface area contributed by atoms with Crippen molar-refractivity contribution in [1.82, 2.24) is 0 Å². The highest BCUT2D eigenvalue weighted by Crippen LogP contribution is 2.38. The number of fused-ring (bicyclic) bond motifs is 1. The molecule has 0 saturated carbocycles. The van der Waals surface area contributed by atoms with E-state index < -0.39 is 0 Å². The Bertz CT molecular complexity index is 346. The number of nitrogens with one attached hydrogen (secondary N) is 1. The minimum absolute atomic E-state index is 0.00642. The Balaban J connectivity index is 2.49. The molecule has 62 valence electrons. The van der Waals surface area contributed by atoms with Crippen molar-refractivity contribution in [1.29, 1.82) is 0 Å². The van der Waals surface area contributed by atoms with Gasteiger partial charge >= 0.3 is 0 Å². The van der Waals surface area contributed by atoms with E-state index in [-0.39, 0.29) is 10.5 Å². The number of anilines is 1. The van der Waals surface area contributed by atoms with E-state index in [0.717, 1.165) is 12.2 Å². The van der Waals surface area contributed by atoms with Crippen LogP contribution in [0.5, 0.6) is 0 Å². The Labute approximate surface area is 73.5 Å². The summed E-state index contributed by atoms with van der Waals surface area (Å²) in [5.74, 6) is 0.873. The topological polar surface area (TPSA) is 29.1 Å². The lowest BCUT2D eigenvalue weighted by atomic mass is 10.3. The maximum absolute atomic E-state index is 10.3. The Hall–Kier alpha value is -1.09. The van der Waals surface area contributed by atoms with Crippen molar-refractivity contribution in [2.24, 2.45) is 0 Å². The van der Waals surface area contributed by atoms with E-state index >= 15 is 0 Å². The molecule has 0 aliphatic carbocycles. The van der Waals surface area contributed by atoms with Crippen LogP contribution in [0.15, 0.2) is 29.2 Å². The van der Waals surface area contributed by atoms with Crippen LogP contribution in [-0.2, 0) is 4.79 Å². The molecular weight excluding hydrogens is 170 g/mol.